The van der Waals surface area contributed by atoms with Crippen molar-refractivity contribution in [2.24, 2.45) is 0 Å². The van der Waals surface area contributed by atoms with E-state index in [0.717, 1.165) is 5.56 Å². The molecule has 0 atom stereocenters. The third-order valence-corrected chi connectivity index (χ3v) is 4.93. The Labute approximate surface area is 139 Å². The number of sulfonamides is 1. The maximum atomic E-state index is 12.3. The molecule has 0 saturated heterocycles. The summed E-state index contributed by atoms with van der Waals surface area (Å²) in [4.78, 5) is 11.4. The zero-order valence-corrected chi connectivity index (χ0v) is 13.7. The molecule has 0 saturated carbocycles. The molecule has 2 aromatic rings. The van der Waals surface area contributed by atoms with Crippen molar-refractivity contribution in [1.29, 1.82) is 0 Å². The molecule has 0 bridgehead atoms. The summed E-state index contributed by atoms with van der Waals surface area (Å²) in [5, 5.41) is 2.68. The number of hydrogen-bond donors (Lipinski definition) is 2. The van der Waals surface area contributed by atoms with Crippen molar-refractivity contribution in [3.05, 3.63) is 48.0 Å². The largest absolute Gasteiger partial charge is 0.497 e. The lowest BCUT2D eigenvalue weighted by atomic mass is 10.2. The van der Waals surface area contributed by atoms with Crippen LogP contribution in [0.1, 0.15) is 5.56 Å². The number of ether oxygens (including phenoxy) is 2. The van der Waals surface area contributed by atoms with Crippen molar-refractivity contribution in [1.82, 2.24) is 4.72 Å². The second-order valence-corrected chi connectivity index (χ2v) is 6.93. The highest BCUT2D eigenvalue weighted by Gasteiger charge is 2.17. The Morgan fingerprint density at radius 2 is 1.96 bits per heavy atom. The molecule has 126 valence electrons. The molecule has 1 heterocycles. The third kappa shape index (κ3) is 3.50. The van der Waals surface area contributed by atoms with E-state index in [1.165, 1.54) is 19.2 Å². The molecule has 0 aromatic heterocycles. The van der Waals surface area contributed by atoms with Crippen LogP contribution >= 0.6 is 0 Å². The lowest BCUT2D eigenvalue weighted by molar-refractivity contribution is -0.118. The molecule has 1 aliphatic rings. The smallest absolute Gasteiger partial charge is 0.262 e. The molecule has 0 radical (unpaired) electrons. The van der Waals surface area contributed by atoms with Crippen molar-refractivity contribution in [2.75, 3.05) is 19.0 Å². The fourth-order valence-electron chi connectivity index (χ4n) is 2.25. The fraction of sp³-hybridized carbons (Fsp3) is 0.188. The van der Waals surface area contributed by atoms with Gasteiger partial charge in [0.05, 0.1) is 17.7 Å². The van der Waals surface area contributed by atoms with Gasteiger partial charge in [0.25, 0.3) is 5.91 Å². The molecule has 7 nitrogen and oxygen atoms in total. The summed E-state index contributed by atoms with van der Waals surface area (Å²) in [5.74, 6) is 0.897. The number of amides is 1. The standard InChI is InChI=1S/C16H16N2O5S/c1-22-12-3-5-13(6-4-12)24(20,21)17-9-11-2-7-14-15(8-11)23-10-16(19)18-14/h2-8,17H,9-10H2,1H3,(H,18,19). The van der Waals surface area contributed by atoms with Gasteiger partial charge in [-0.15, -0.1) is 0 Å². The molecule has 0 unspecified atom stereocenters. The number of anilines is 1. The molecule has 0 aliphatic carbocycles. The van der Waals surface area contributed by atoms with Crippen LogP contribution in [-0.2, 0) is 21.4 Å². The van der Waals surface area contributed by atoms with Gasteiger partial charge in [-0.2, -0.15) is 0 Å². The van der Waals surface area contributed by atoms with Crippen molar-refractivity contribution in [2.45, 2.75) is 11.4 Å². The summed E-state index contributed by atoms with van der Waals surface area (Å²) in [6.07, 6.45) is 0. The Morgan fingerprint density at radius 1 is 1.21 bits per heavy atom. The number of methoxy groups -OCH3 is 1. The Morgan fingerprint density at radius 3 is 2.67 bits per heavy atom. The first-order valence-corrected chi connectivity index (χ1v) is 8.65. The number of hydrogen-bond acceptors (Lipinski definition) is 5. The van der Waals surface area contributed by atoms with E-state index in [-0.39, 0.29) is 24.0 Å². The maximum Gasteiger partial charge on any atom is 0.262 e. The number of carbonyl (C=O) groups excluding carboxylic acids is 1. The normalized spacial score (nSPS) is 13.6. The zero-order chi connectivity index (χ0) is 17.2. The van der Waals surface area contributed by atoms with E-state index in [0.29, 0.717) is 17.2 Å². The fourth-order valence-corrected chi connectivity index (χ4v) is 3.26. The molecule has 1 amide bonds. The highest BCUT2D eigenvalue weighted by Crippen LogP contribution is 2.28. The Hall–Kier alpha value is -2.58. The monoisotopic (exact) mass is 348 g/mol. The predicted molar refractivity (Wildman–Crippen MR) is 87.6 cm³/mol. The van der Waals surface area contributed by atoms with Gasteiger partial charge in [0.1, 0.15) is 11.5 Å². The van der Waals surface area contributed by atoms with Gasteiger partial charge < -0.3 is 14.8 Å². The lowest BCUT2D eigenvalue weighted by Crippen LogP contribution is -2.26. The Bertz CT molecular complexity index is 863. The van der Waals surface area contributed by atoms with Gasteiger partial charge in [0, 0.05) is 6.54 Å². The second-order valence-electron chi connectivity index (χ2n) is 5.17. The lowest BCUT2D eigenvalue weighted by Gasteiger charge is -2.18. The van der Waals surface area contributed by atoms with Gasteiger partial charge in [0.2, 0.25) is 10.0 Å². The Balaban J connectivity index is 1.71. The summed E-state index contributed by atoms with van der Waals surface area (Å²) < 4.78 is 37.5. The second kappa shape index (κ2) is 6.50. The minimum atomic E-state index is -3.63. The summed E-state index contributed by atoms with van der Waals surface area (Å²) >= 11 is 0. The van der Waals surface area contributed by atoms with Gasteiger partial charge in [0.15, 0.2) is 6.61 Å². The molecule has 8 heteroatoms. The van der Waals surface area contributed by atoms with Crippen molar-refractivity contribution in [3.8, 4) is 11.5 Å². The third-order valence-electron chi connectivity index (χ3n) is 3.51. The molecular weight excluding hydrogens is 332 g/mol. The zero-order valence-electron chi connectivity index (χ0n) is 12.9. The molecule has 1 aliphatic heterocycles. The van der Waals surface area contributed by atoms with E-state index in [1.54, 1.807) is 30.3 Å². The number of carbonyl (C=O) groups is 1. The summed E-state index contributed by atoms with van der Waals surface area (Å²) in [7, 11) is -2.11. The number of rotatable bonds is 5. The van der Waals surface area contributed by atoms with Crippen LogP contribution in [0.2, 0.25) is 0 Å². The SMILES string of the molecule is COc1ccc(S(=O)(=O)NCc2ccc3c(c2)OCC(=O)N3)cc1. The maximum absolute atomic E-state index is 12.3. The predicted octanol–water partition coefficient (Wildman–Crippen LogP) is 1.50. The molecule has 0 fully saturated rings. The average molecular weight is 348 g/mol. The highest BCUT2D eigenvalue weighted by molar-refractivity contribution is 7.89. The minimum absolute atomic E-state index is 0.0476. The van der Waals surface area contributed by atoms with E-state index in [4.69, 9.17) is 9.47 Å². The summed E-state index contributed by atoms with van der Waals surface area (Å²) in [6, 6.07) is 11.2. The minimum Gasteiger partial charge on any atom is -0.497 e. The van der Waals surface area contributed by atoms with Crippen LogP contribution in [0.3, 0.4) is 0 Å². The van der Waals surface area contributed by atoms with Gasteiger partial charge in [-0.1, -0.05) is 6.07 Å². The van der Waals surface area contributed by atoms with E-state index in [9.17, 15) is 13.2 Å². The van der Waals surface area contributed by atoms with Gasteiger partial charge in [-0.25, -0.2) is 13.1 Å². The molecular formula is C16H16N2O5S. The topological polar surface area (TPSA) is 93.7 Å². The molecule has 0 spiro atoms. The molecule has 2 N–H and O–H groups in total. The number of fused-ring (bicyclic) bond motifs is 1. The first-order chi connectivity index (χ1) is 11.5. The Kier molecular flexibility index (Phi) is 4.41. The van der Waals surface area contributed by atoms with Crippen LogP contribution < -0.4 is 19.5 Å². The molecule has 3 rings (SSSR count). The first kappa shape index (κ1) is 16.3. The number of benzene rings is 2. The van der Waals surface area contributed by atoms with Crippen LogP contribution in [-0.4, -0.2) is 28.0 Å². The van der Waals surface area contributed by atoms with E-state index >= 15 is 0 Å². The average Bonchev–Trinajstić information content (AvgIpc) is 2.60. The van der Waals surface area contributed by atoms with Gasteiger partial charge >= 0.3 is 0 Å². The molecule has 2 aromatic carbocycles. The van der Waals surface area contributed by atoms with Gasteiger partial charge in [-0.05, 0) is 42.0 Å². The van der Waals surface area contributed by atoms with E-state index < -0.39 is 10.0 Å². The van der Waals surface area contributed by atoms with Gasteiger partial charge in [-0.3, -0.25) is 4.79 Å². The summed E-state index contributed by atoms with van der Waals surface area (Å²) in [5.41, 5.74) is 1.30. The van der Waals surface area contributed by atoms with E-state index in [2.05, 4.69) is 10.0 Å². The van der Waals surface area contributed by atoms with E-state index in [1.807, 2.05) is 0 Å². The van der Waals surface area contributed by atoms with Crippen molar-refractivity contribution < 1.29 is 22.7 Å². The van der Waals surface area contributed by atoms with Crippen LogP contribution in [0, 0.1) is 0 Å². The van der Waals surface area contributed by atoms with Crippen molar-refractivity contribution >= 4 is 21.6 Å². The quantitative estimate of drug-likeness (QED) is 0.854. The molecule has 24 heavy (non-hydrogen) atoms. The van der Waals surface area contributed by atoms with Crippen molar-refractivity contribution in [3.63, 3.8) is 0 Å². The highest BCUT2D eigenvalue weighted by atomic mass is 32.2. The number of nitrogens with one attached hydrogen (secondary N) is 2. The van der Waals surface area contributed by atoms with Crippen LogP contribution in [0.4, 0.5) is 5.69 Å². The van der Waals surface area contributed by atoms with Crippen LogP contribution in [0.5, 0.6) is 11.5 Å². The van der Waals surface area contributed by atoms with Crippen LogP contribution in [0.15, 0.2) is 47.4 Å². The van der Waals surface area contributed by atoms with Crippen LogP contribution in [0.25, 0.3) is 0 Å². The summed E-state index contributed by atoms with van der Waals surface area (Å²) in [6.45, 7) is 0.0625. The first-order valence-electron chi connectivity index (χ1n) is 7.17.